The second-order valence-corrected chi connectivity index (χ2v) is 11.5. The van der Waals surface area contributed by atoms with Gasteiger partial charge in [0.15, 0.2) is 15.6 Å². The molecule has 0 amide bonds. The van der Waals surface area contributed by atoms with E-state index in [1.807, 2.05) is 31.2 Å². The van der Waals surface area contributed by atoms with Gasteiger partial charge in [-0.1, -0.05) is 24.3 Å². The topological polar surface area (TPSA) is 102 Å². The molecule has 158 valence electrons. The van der Waals surface area contributed by atoms with Crippen molar-refractivity contribution in [2.75, 3.05) is 5.75 Å². The Kier molecular flexibility index (Phi) is 4.84. The van der Waals surface area contributed by atoms with Crippen LogP contribution in [-0.4, -0.2) is 35.5 Å². The maximum atomic E-state index is 13.0. The summed E-state index contributed by atoms with van der Waals surface area (Å²) in [5.74, 6) is 0.0320. The number of ketones is 1. The monoisotopic (exact) mass is 425 g/mol. The summed E-state index contributed by atoms with van der Waals surface area (Å²) in [5, 5.41) is 0. The molecule has 2 aromatic rings. The zero-order valence-electron chi connectivity index (χ0n) is 17.6. The Morgan fingerprint density at radius 1 is 1.20 bits per heavy atom. The Balaban J connectivity index is 1.73. The number of aliphatic imine (C=N–C) groups is 1. The van der Waals surface area contributed by atoms with Crippen molar-refractivity contribution < 1.29 is 13.2 Å². The molecule has 2 aliphatic rings. The Morgan fingerprint density at radius 2 is 1.97 bits per heavy atom. The van der Waals surface area contributed by atoms with Gasteiger partial charge in [0.2, 0.25) is 0 Å². The number of aryl methyl sites for hydroxylation is 2. The molecular formula is C23H27N3O3S. The first kappa shape index (κ1) is 20.7. The van der Waals surface area contributed by atoms with Crippen LogP contribution in [0.15, 0.2) is 41.5 Å². The van der Waals surface area contributed by atoms with Gasteiger partial charge in [-0.05, 0) is 68.4 Å². The van der Waals surface area contributed by atoms with Gasteiger partial charge in [0, 0.05) is 12.6 Å². The fourth-order valence-electron chi connectivity index (χ4n) is 4.32. The predicted molar refractivity (Wildman–Crippen MR) is 118 cm³/mol. The van der Waals surface area contributed by atoms with Crippen molar-refractivity contribution in [1.29, 1.82) is 0 Å². The van der Waals surface area contributed by atoms with Gasteiger partial charge >= 0.3 is 0 Å². The van der Waals surface area contributed by atoms with E-state index in [1.54, 1.807) is 26.1 Å². The van der Waals surface area contributed by atoms with Crippen molar-refractivity contribution in [3.63, 3.8) is 0 Å². The summed E-state index contributed by atoms with van der Waals surface area (Å²) >= 11 is 0. The fraction of sp³-hybridized carbons (Fsp3) is 0.435. The molecule has 2 N–H and O–H groups in total. The first-order valence-electron chi connectivity index (χ1n) is 10.2. The number of aromatic nitrogens is 1. The minimum atomic E-state index is -3.48. The Bertz CT molecular complexity index is 1150. The van der Waals surface area contributed by atoms with Crippen LogP contribution < -0.4 is 5.73 Å². The van der Waals surface area contributed by atoms with Crippen LogP contribution in [0.4, 0.5) is 0 Å². The SMILES string of the molecule is Cc1ccc(C(=O)Cc2ccc3c(c2)[C@]2(CCC3)CS(=O)(=O)C(C)(C)C(N)=N2)nc1. The molecule has 1 aliphatic carbocycles. The molecule has 1 spiro atoms. The highest BCUT2D eigenvalue weighted by molar-refractivity contribution is 7.93. The molecule has 1 aromatic heterocycles. The van der Waals surface area contributed by atoms with E-state index in [0.717, 1.165) is 35.1 Å². The molecule has 6 nitrogen and oxygen atoms in total. The summed E-state index contributed by atoms with van der Waals surface area (Å²) in [6.45, 7) is 5.15. The van der Waals surface area contributed by atoms with Crippen molar-refractivity contribution in [3.8, 4) is 0 Å². The molecule has 1 aromatic carbocycles. The lowest BCUT2D eigenvalue weighted by Gasteiger charge is -2.43. The molecule has 0 saturated heterocycles. The quantitative estimate of drug-likeness (QED) is 0.762. The molecule has 30 heavy (non-hydrogen) atoms. The Morgan fingerprint density at radius 3 is 2.63 bits per heavy atom. The molecule has 1 atom stereocenters. The summed E-state index contributed by atoms with van der Waals surface area (Å²) in [6, 6.07) is 9.50. The van der Waals surface area contributed by atoms with Crippen LogP contribution in [0.1, 0.15) is 59.4 Å². The third kappa shape index (κ3) is 3.35. The van der Waals surface area contributed by atoms with Crippen molar-refractivity contribution in [2.24, 2.45) is 10.7 Å². The number of sulfone groups is 1. The largest absolute Gasteiger partial charge is 0.386 e. The highest BCUT2D eigenvalue weighted by Crippen LogP contribution is 2.44. The van der Waals surface area contributed by atoms with Crippen LogP contribution in [0.25, 0.3) is 0 Å². The van der Waals surface area contributed by atoms with Crippen LogP contribution >= 0.6 is 0 Å². The number of nitrogens with two attached hydrogens (primary N) is 1. The second-order valence-electron chi connectivity index (χ2n) is 8.96. The number of fused-ring (bicyclic) bond motifs is 2. The highest BCUT2D eigenvalue weighted by atomic mass is 32.2. The predicted octanol–water partition coefficient (Wildman–Crippen LogP) is 2.91. The molecule has 0 saturated carbocycles. The zero-order valence-corrected chi connectivity index (χ0v) is 18.4. The average Bonchev–Trinajstić information content (AvgIpc) is 2.67. The molecule has 2 heterocycles. The number of amidine groups is 1. The lowest BCUT2D eigenvalue weighted by Crippen LogP contribution is -2.56. The smallest absolute Gasteiger partial charge is 0.185 e. The van der Waals surface area contributed by atoms with Gasteiger partial charge < -0.3 is 5.73 Å². The van der Waals surface area contributed by atoms with Crippen LogP contribution in [0.5, 0.6) is 0 Å². The van der Waals surface area contributed by atoms with Crippen molar-refractivity contribution in [1.82, 2.24) is 4.98 Å². The number of rotatable bonds is 3. The van der Waals surface area contributed by atoms with Crippen molar-refractivity contribution >= 4 is 21.5 Å². The van der Waals surface area contributed by atoms with E-state index >= 15 is 0 Å². The summed E-state index contributed by atoms with van der Waals surface area (Å²) in [4.78, 5) is 21.7. The molecule has 0 bridgehead atoms. The van der Waals surface area contributed by atoms with Gasteiger partial charge in [-0.3, -0.25) is 14.8 Å². The molecular weight excluding hydrogens is 398 g/mol. The zero-order chi connectivity index (χ0) is 21.7. The van der Waals surface area contributed by atoms with Crippen LogP contribution in [0, 0.1) is 6.92 Å². The first-order chi connectivity index (χ1) is 14.0. The van der Waals surface area contributed by atoms with Crippen LogP contribution in [0.2, 0.25) is 0 Å². The van der Waals surface area contributed by atoms with Gasteiger partial charge in [-0.25, -0.2) is 8.42 Å². The van der Waals surface area contributed by atoms with Crippen LogP contribution in [-0.2, 0) is 28.2 Å². The summed E-state index contributed by atoms with van der Waals surface area (Å²) < 4.78 is 24.9. The lowest BCUT2D eigenvalue weighted by molar-refractivity contribution is 0.0988. The van der Waals surface area contributed by atoms with Crippen LogP contribution in [0.3, 0.4) is 0 Å². The van der Waals surface area contributed by atoms with E-state index in [4.69, 9.17) is 10.7 Å². The molecule has 0 unspecified atom stereocenters. The first-order valence-corrected chi connectivity index (χ1v) is 11.9. The minimum Gasteiger partial charge on any atom is -0.386 e. The third-order valence-corrected chi connectivity index (χ3v) is 9.05. The number of Topliss-reactive ketones (excluding diaryl/α,β-unsaturated/α-hetero) is 1. The van der Waals surface area contributed by atoms with E-state index in [9.17, 15) is 13.2 Å². The van der Waals surface area contributed by atoms with Gasteiger partial charge in [0.05, 0.1) is 5.75 Å². The highest BCUT2D eigenvalue weighted by Gasteiger charge is 2.51. The summed E-state index contributed by atoms with van der Waals surface area (Å²) in [6.07, 6.45) is 4.24. The molecule has 0 fully saturated rings. The number of carbonyl (C=O) groups is 1. The van der Waals surface area contributed by atoms with E-state index in [1.165, 1.54) is 0 Å². The maximum absolute atomic E-state index is 13.0. The molecule has 0 radical (unpaired) electrons. The number of nitrogens with zero attached hydrogens (tertiary/aromatic N) is 2. The Labute approximate surface area is 177 Å². The van der Waals surface area contributed by atoms with Crippen molar-refractivity contribution in [3.05, 3.63) is 64.5 Å². The molecule has 7 heteroatoms. The number of pyridine rings is 1. The maximum Gasteiger partial charge on any atom is 0.185 e. The lowest BCUT2D eigenvalue weighted by atomic mass is 9.76. The van der Waals surface area contributed by atoms with Gasteiger partial charge in [-0.2, -0.15) is 0 Å². The standard InChI is InChI=1S/C23H27N3O3S/c1-15-6-9-19(25-13-15)20(27)12-16-7-8-17-5-4-10-23(18(17)11-16)14-30(28,29)22(2,3)21(24)26-23/h6-9,11,13H,4-5,10,12,14H2,1-3H3,(H2,24,26)/t23-/m0/s1. The normalized spacial score (nSPS) is 24.2. The second kappa shape index (κ2) is 7.01. The average molecular weight is 426 g/mol. The van der Waals surface area contributed by atoms with Gasteiger partial charge in [-0.15, -0.1) is 0 Å². The van der Waals surface area contributed by atoms with E-state index in [-0.39, 0.29) is 23.8 Å². The summed E-state index contributed by atoms with van der Waals surface area (Å²) in [5.41, 5.74) is 9.53. The number of benzene rings is 1. The van der Waals surface area contributed by atoms with E-state index in [2.05, 4.69) is 4.98 Å². The Hall–Kier alpha value is -2.54. The molecule has 4 rings (SSSR count). The fourth-order valence-corrected chi connectivity index (χ4v) is 6.04. The number of carbonyl (C=O) groups excluding carboxylic acids is 1. The van der Waals surface area contributed by atoms with Gasteiger partial charge in [0.1, 0.15) is 21.8 Å². The van der Waals surface area contributed by atoms with Crippen molar-refractivity contribution in [2.45, 2.75) is 56.7 Å². The van der Waals surface area contributed by atoms with Gasteiger partial charge in [0.25, 0.3) is 0 Å². The summed E-state index contributed by atoms with van der Waals surface area (Å²) in [7, 11) is -3.48. The third-order valence-electron chi connectivity index (χ3n) is 6.43. The minimum absolute atomic E-state index is 0.0579. The number of hydrogen-bond donors (Lipinski definition) is 1. The van der Waals surface area contributed by atoms with E-state index < -0.39 is 20.1 Å². The van der Waals surface area contributed by atoms with E-state index in [0.29, 0.717) is 12.1 Å². The number of hydrogen-bond acceptors (Lipinski definition) is 6. The molecule has 1 aliphatic heterocycles.